The molecule has 116 valence electrons. The number of hydrogen-bond donors (Lipinski definition) is 2. The number of rotatable bonds is 2. The number of hydrogen-bond acceptors (Lipinski definition) is 4. The Morgan fingerprint density at radius 2 is 2.00 bits per heavy atom. The molecule has 6 heteroatoms. The molecular formula is C16H20N3O2S+. The molecule has 2 N–H and O–H groups in total. The van der Waals surface area contributed by atoms with Gasteiger partial charge in [-0.1, -0.05) is 12.1 Å². The first-order valence-corrected chi connectivity index (χ1v) is 8.37. The highest BCUT2D eigenvalue weighted by molar-refractivity contribution is 8.18. The van der Waals surface area contributed by atoms with Crippen LogP contribution >= 0.6 is 11.8 Å². The van der Waals surface area contributed by atoms with Crippen molar-refractivity contribution >= 4 is 28.9 Å². The third-order valence-corrected chi connectivity index (χ3v) is 5.09. The Morgan fingerprint density at radius 1 is 1.32 bits per heavy atom. The summed E-state index contributed by atoms with van der Waals surface area (Å²) in [5.74, 6) is 0.0547. The Balaban J connectivity index is 1.67. The smallest absolute Gasteiger partial charge is 0.286 e. The Kier molecular flexibility index (Phi) is 4.49. The second-order valence-corrected chi connectivity index (χ2v) is 6.50. The first-order chi connectivity index (χ1) is 10.7. The number of likely N-dealkylation sites (N-methyl/N-ethyl adjacent to an activating group) is 1. The van der Waals surface area contributed by atoms with E-state index >= 15 is 0 Å². The van der Waals surface area contributed by atoms with E-state index in [1.165, 1.54) is 11.8 Å². The van der Waals surface area contributed by atoms with Crippen molar-refractivity contribution in [1.82, 2.24) is 4.90 Å². The number of aliphatic imine (C=N–C) groups is 1. The van der Waals surface area contributed by atoms with Gasteiger partial charge in [-0.3, -0.25) is 4.79 Å². The summed E-state index contributed by atoms with van der Waals surface area (Å²) in [5.41, 5.74) is 0.894. The first-order valence-electron chi connectivity index (χ1n) is 7.56. The number of amides is 1. The van der Waals surface area contributed by atoms with Crippen LogP contribution in [-0.2, 0) is 4.79 Å². The molecule has 5 nitrogen and oxygen atoms in total. The van der Waals surface area contributed by atoms with E-state index in [0.29, 0.717) is 4.91 Å². The topological polar surface area (TPSA) is 57.3 Å². The lowest BCUT2D eigenvalue weighted by molar-refractivity contribution is -0.902. The SMILES string of the molecule is CC[NH+]1CCN(C2=NC(=O)/C(=C/c3ccc(O)cc3)S2)CC1. The molecule has 0 spiro atoms. The summed E-state index contributed by atoms with van der Waals surface area (Å²) in [6.45, 7) is 7.46. The zero-order chi connectivity index (χ0) is 15.5. The van der Waals surface area contributed by atoms with Crippen LogP contribution in [0.3, 0.4) is 0 Å². The number of aromatic hydroxyl groups is 1. The number of carbonyl (C=O) groups is 1. The van der Waals surface area contributed by atoms with Crippen molar-refractivity contribution < 1.29 is 14.8 Å². The van der Waals surface area contributed by atoms with Gasteiger partial charge < -0.3 is 14.9 Å². The largest absolute Gasteiger partial charge is 0.508 e. The molecule has 0 aliphatic carbocycles. The number of amidine groups is 1. The number of thioether (sulfide) groups is 1. The van der Waals surface area contributed by atoms with Gasteiger partial charge in [0.1, 0.15) is 5.75 Å². The van der Waals surface area contributed by atoms with Gasteiger partial charge in [0.2, 0.25) is 0 Å². The van der Waals surface area contributed by atoms with Gasteiger partial charge in [0.05, 0.1) is 37.6 Å². The highest BCUT2D eigenvalue weighted by atomic mass is 32.2. The van der Waals surface area contributed by atoms with Crippen molar-refractivity contribution in [2.75, 3.05) is 32.7 Å². The van der Waals surface area contributed by atoms with Gasteiger partial charge in [-0.25, -0.2) is 0 Å². The Bertz CT molecular complexity index is 617. The third-order valence-electron chi connectivity index (χ3n) is 4.04. The van der Waals surface area contributed by atoms with Crippen LogP contribution in [0.4, 0.5) is 0 Å². The zero-order valence-electron chi connectivity index (χ0n) is 12.6. The molecule has 1 aromatic carbocycles. The van der Waals surface area contributed by atoms with Gasteiger partial charge in [-0.05, 0) is 42.5 Å². The maximum atomic E-state index is 12.1. The van der Waals surface area contributed by atoms with Gasteiger partial charge in [0, 0.05) is 0 Å². The number of phenols is 1. The number of phenolic OH excluding ortho intramolecular Hbond substituents is 1. The summed E-state index contributed by atoms with van der Waals surface area (Å²) in [5, 5.41) is 10.1. The highest BCUT2D eigenvalue weighted by Crippen LogP contribution is 2.30. The maximum Gasteiger partial charge on any atom is 0.286 e. The molecule has 2 aliphatic heterocycles. The minimum absolute atomic E-state index is 0.168. The number of benzene rings is 1. The van der Waals surface area contributed by atoms with Gasteiger partial charge in [-0.2, -0.15) is 4.99 Å². The summed E-state index contributed by atoms with van der Waals surface area (Å²) in [6, 6.07) is 6.81. The Morgan fingerprint density at radius 3 is 2.64 bits per heavy atom. The summed E-state index contributed by atoms with van der Waals surface area (Å²) >= 11 is 1.45. The molecule has 0 atom stereocenters. The van der Waals surface area contributed by atoms with Crippen LogP contribution in [0.25, 0.3) is 6.08 Å². The van der Waals surface area contributed by atoms with Crippen LogP contribution in [0, 0.1) is 0 Å². The normalized spacial score (nSPS) is 21.5. The number of carbonyl (C=O) groups excluding carboxylic acids is 1. The quantitative estimate of drug-likeness (QED) is 0.784. The Hall–Kier alpha value is -1.79. The minimum Gasteiger partial charge on any atom is -0.508 e. The zero-order valence-corrected chi connectivity index (χ0v) is 13.4. The van der Waals surface area contributed by atoms with Crippen molar-refractivity contribution in [2.24, 2.45) is 4.99 Å². The summed E-state index contributed by atoms with van der Waals surface area (Å²) in [6.07, 6.45) is 1.83. The molecule has 2 aliphatic rings. The van der Waals surface area contributed by atoms with Crippen LogP contribution in [-0.4, -0.2) is 53.8 Å². The highest BCUT2D eigenvalue weighted by Gasteiger charge is 2.29. The van der Waals surface area contributed by atoms with Crippen molar-refractivity contribution in [3.63, 3.8) is 0 Å². The van der Waals surface area contributed by atoms with Crippen LogP contribution in [0.15, 0.2) is 34.2 Å². The van der Waals surface area contributed by atoms with E-state index < -0.39 is 0 Å². The monoisotopic (exact) mass is 318 g/mol. The van der Waals surface area contributed by atoms with E-state index in [1.54, 1.807) is 29.2 Å². The van der Waals surface area contributed by atoms with E-state index in [1.807, 2.05) is 6.08 Å². The third kappa shape index (κ3) is 3.34. The molecule has 3 rings (SSSR count). The number of piperazine rings is 1. The van der Waals surface area contributed by atoms with Crippen LogP contribution in [0.5, 0.6) is 5.75 Å². The lowest BCUT2D eigenvalue weighted by Gasteiger charge is -2.32. The van der Waals surface area contributed by atoms with Gasteiger partial charge >= 0.3 is 0 Å². The fraction of sp³-hybridized carbons (Fsp3) is 0.375. The second kappa shape index (κ2) is 6.54. The molecule has 1 fully saturated rings. The van der Waals surface area contributed by atoms with Crippen molar-refractivity contribution in [1.29, 1.82) is 0 Å². The van der Waals surface area contributed by atoms with Gasteiger partial charge in [-0.15, -0.1) is 0 Å². The van der Waals surface area contributed by atoms with Crippen molar-refractivity contribution in [3.05, 3.63) is 34.7 Å². The van der Waals surface area contributed by atoms with Crippen molar-refractivity contribution in [2.45, 2.75) is 6.92 Å². The Labute approximate surface area is 134 Å². The van der Waals surface area contributed by atoms with Crippen LogP contribution in [0.2, 0.25) is 0 Å². The average molecular weight is 318 g/mol. The molecule has 22 heavy (non-hydrogen) atoms. The predicted molar refractivity (Wildman–Crippen MR) is 88.9 cm³/mol. The predicted octanol–water partition coefficient (Wildman–Crippen LogP) is 0.583. The fourth-order valence-electron chi connectivity index (χ4n) is 2.62. The summed E-state index contributed by atoms with van der Waals surface area (Å²) < 4.78 is 0. The number of nitrogens with zero attached hydrogens (tertiary/aromatic N) is 2. The lowest BCUT2D eigenvalue weighted by Crippen LogP contribution is -3.14. The molecule has 0 bridgehead atoms. The van der Waals surface area contributed by atoms with Crippen LogP contribution < -0.4 is 4.90 Å². The molecule has 0 radical (unpaired) electrons. The molecule has 1 saturated heterocycles. The van der Waals surface area contributed by atoms with E-state index in [4.69, 9.17) is 0 Å². The minimum atomic E-state index is -0.168. The lowest BCUT2D eigenvalue weighted by atomic mass is 10.2. The standard InChI is InChI=1S/C16H19N3O2S/c1-2-18-7-9-19(10-8-18)16-17-15(21)14(22-16)11-12-3-5-13(20)6-4-12/h3-6,11,20H,2,7-10H2,1H3/p+1/b14-11-. The molecule has 2 heterocycles. The van der Waals surface area contributed by atoms with E-state index in [0.717, 1.165) is 43.5 Å². The molecular weight excluding hydrogens is 298 g/mol. The van der Waals surface area contributed by atoms with Gasteiger partial charge in [0.25, 0.3) is 5.91 Å². The van der Waals surface area contributed by atoms with Crippen LogP contribution in [0.1, 0.15) is 12.5 Å². The first kappa shape index (κ1) is 15.1. The number of nitrogens with one attached hydrogen (secondary N) is 1. The average Bonchev–Trinajstić information content (AvgIpc) is 2.91. The molecule has 1 aromatic rings. The maximum absolute atomic E-state index is 12.1. The van der Waals surface area contributed by atoms with Gasteiger partial charge in [0.15, 0.2) is 5.17 Å². The van der Waals surface area contributed by atoms with E-state index in [-0.39, 0.29) is 11.7 Å². The fourth-order valence-corrected chi connectivity index (χ4v) is 3.59. The molecule has 0 aromatic heterocycles. The second-order valence-electron chi connectivity index (χ2n) is 5.49. The van der Waals surface area contributed by atoms with E-state index in [9.17, 15) is 9.90 Å². The number of quaternary nitrogens is 1. The summed E-state index contributed by atoms with van der Waals surface area (Å²) in [4.78, 5) is 20.7. The summed E-state index contributed by atoms with van der Waals surface area (Å²) in [7, 11) is 0. The van der Waals surface area contributed by atoms with E-state index in [2.05, 4.69) is 16.8 Å². The molecule has 1 amide bonds. The molecule has 0 unspecified atom stereocenters. The van der Waals surface area contributed by atoms with Crippen molar-refractivity contribution in [3.8, 4) is 5.75 Å². The molecule has 0 saturated carbocycles.